The Labute approximate surface area is 300 Å². The lowest BCUT2D eigenvalue weighted by atomic mass is 9.99. The Morgan fingerprint density at radius 1 is 0.922 bits per heavy atom. The van der Waals surface area contributed by atoms with E-state index in [1.807, 2.05) is 97.1 Å². The average molecular weight is 709 g/mol. The minimum atomic E-state index is -0.822. The van der Waals surface area contributed by atoms with Gasteiger partial charge in [-0.3, -0.25) is 0 Å². The molecule has 4 aromatic carbocycles. The van der Waals surface area contributed by atoms with E-state index in [4.69, 9.17) is 14.2 Å². The van der Waals surface area contributed by atoms with E-state index in [0.717, 1.165) is 38.9 Å². The first-order valence-electron chi connectivity index (χ1n) is 16.6. The lowest BCUT2D eigenvalue weighted by Crippen LogP contribution is -2.47. The van der Waals surface area contributed by atoms with Gasteiger partial charge in [0.05, 0.1) is 25.9 Å². The predicted molar refractivity (Wildman–Crippen MR) is 191 cm³/mol. The van der Waals surface area contributed by atoms with Gasteiger partial charge in [-0.05, 0) is 55.9 Å². The molecule has 1 aromatic heterocycles. The van der Waals surface area contributed by atoms with E-state index in [-0.39, 0.29) is 25.4 Å². The monoisotopic (exact) mass is 708 g/mol. The molecule has 0 radical (unpaired) electrons. The molecule has 3 N–H and O–H groups in total. The number of aliphatic hydroxyl groups is 1. The van der Waals surface area contributed by atoms with Gasteiger partial charge in [0, 0.05) is 37.8 Å². The number of carbonyl (C=O) groups is 2. The zero-order valence-corrected chi connectivity index (χ0v) is 29.2. The number of tetrazole rings is 1. The van der Waals surface area contributed by atoms with Crippen LogP contribution in [0, 0.1) is 0 Å². The van der Waals surface area contributed by atoms with Crippen LogP contribution >= 0.6 is 11.8 Å². The highest BCUT2D eigenvalue weighted by Crippen LogP contribution is 2.40. The third kappa shape index (κ3) is 9.58. The number of ether oxygens (including phenoxy) is 3. The highest BCUT2D eigenvalue weighted by atomic mass is 32.2. The number of esters is 1. The Hall–Kier alpha value is -5.08. The molecule has 12 nitrogen and oxygen atoms in total. The Kier molecular flexibility index (Phi) is 12.1. The third-order valence-corrected chi connectivity index (χ3v) is 9.68. The second kappa shape index (κ2) is 17.2. The molecule has 1 aliphatic heterocycles. The topological polar surface area (TPSA) is 150 Å². The Morgan fingerprint density at radius 3 is 2.39 bits per heavy atom. The maximum Gasteiger partial charge on any atom is 0.328 e. The number of carbonyl (C=O) groups excluding carboxylic acids is 2. The summed E-state index contributed by atoms with van der Waals surface area (Å²) in [5.41, 5.74) is 6.44. The molecule has 0 unspecified atom stereocenters. The lowest BCUT2D eigenvalue weighted by Gasteiger charge is -2.36. The SMILES string of the molecule is COC(=O)[C@H](Cc1ccccc1)NC(=O)NCc1cccc(-c2cccc([C@H]3O[C@@H](CSc4nnnn4C)C[C@@H](c4ccc(CO)cc4)O3)c2)c1. The van der Waals surface area contributed by atoms with Crippen LogP contribution in [0.2, 0.25) is 0 Å². The van der Waals surface area contributed by atoms with E-state index in [1.54, 1.807) is 11.7 Å². The van der Waals surface area contributed by atoms with E-state index < -0.39 is 24.3 Å². The molecule has 0 aliphatic carbocycles. The predicted octanol–water partition coefficient (Wildman–Crippen LogP) is 5.29. The van der Waals surface area contributed by atoms with Crippen LogP contribution in [-0.4, -0.2) is 62.3 Å². The fraction of sp³-hybridized carbons (Fsp3) is 0.289. The molecule has 1 fully saturated rings. The molecule has 6 rings (SSSR count). The number of nitrogens with one attached hydrogen (secondary N) is 2. The van der Waals surface area contributed by atoms with Gasteiger partial charge in [-0.25, -0.2) is 14.3 Å². The maximum atomic E-state index is 12.8. The molecule has 1 saturated heterocycles. The van der Waals surface area contributed by atoms with Gasteiger partial charge in [0.2, 0.25) is 5.16 Å². The number of hydrogen-bond acceptors (Lipinski definition) is 10. The number of hydrogen-bond donors (Lipinski definition) is 3. The molecule has 13 heteroatoms. The number of benzene rings is 4. The number of amides is 2. The van der Waals surface area contributed by atoms with Gasteiger partial charge in [-0.2, -0.15) is 0 Å². The van der Waals surface area contributed by atoms with Crippen LogP contribution < -0.4 is 10.6 Å². The molecule has 0 bridgehead atoms. The van der Waals surface area contributed by atoms with Crippen molar-refractivity contribution >= 4 is 23.8 Å². The van der Waals surface area contributed by atoms with Crippen LogP contribution in [0.3, 0.4) is 0 Å². The van der Waals surface area contributed by atoms with Crippen molar-refractivity contribution in [3.05, 3.63) is 131 Å². The summed E-state index contributed by atoms with van der Waals surface area (Å²) >= 11 is 1.53. The number of thioether (sulfide) groups is 1. The number of methoxy groups -OCH3 is 1. The first kappa shape index (κ1) is 35.7. The maximum absolute atomic E-state index is 12.8. The summed E-state index contributed by atoms with van der Waals surface area (Å²) < 4.78 is 19.7. The van der Waals surface area contributed by atoms with Crippen molar-refractivity contribution < 1.29 is 28.9 Å². The number of urea groups is 1. The normalized spacial score (nSPS) is 17.7. The quantitative estimate of drug-likeness (QED) is 0.109. The molecule has 5 aromatic rings. The zero-order chi connectivity index (χ0) is 35.6. The van der Waals surface area contributed by atoms with Gasteiger partial charge < -0.3 is 30.0 Å². The summed E-state index contributed by atoms with van der Waals surface area (Å²) in [5.74, 6) is 0.120. The van der Waals surface area contributed by atoms with Crippen LogP contribution in [0.1, 0.15) is 46.6 Å². The molecule has 1 aliphatic rings. The van der Waals surface area contributed by atoms with Crippen molar-refractivity contribution in [1.82, 2.24) is 30.8 Å². The van der Waals surface area contributed by atoms with E-state index in [1.165, 1.54) is 18.9 Å². The first-order chi connectivity index (χ1) is 24.9. The van der Waals surface area contributed by atoms with Crippen molar-refractivity contribution in [2.45, 2.75) is 55.7 Å². The summed E-state index contributed by atoms with van der Waals surface area (Å²) in [5, 5.41) is 27.6. The smallest absolute Gasteiger partial charge is 0.328 e. The van der Waals surface area contributed by atoms with Crippen molar-refractivity contribution in [1.29, 1.82) is 0 Å². The van der Waals surface area contributed by atoms with Crippen LogP contribution in [0.25, 0.3) is 11.1 Å². The summed E-state index contributed by atoms with van der Waals surface area (Å²) in [6.07, 6.45) is -0.0469. The highest BCUT2D eigenvalue weighted by Gasteiger charge is 2.33. The second-order valence-corrected chi connectivity index (χ2v) is 13.2. The van der Waals surface area contributed by atoms with Crippen LogP contribution in [0.4, 0.5) is 4.79 Å². The van der Waals surface area contributed by atoms with Crippen LogP contribution in [0.15, 0.2) is 108 Å². The second-order valence-electron chi connectivity index (χ2n) is 12.2. The number of aliphatic hydroxyl groups excluding tert-OH is 1. The molecule has 0 spiro atoms. The summed E-state index contributed by atoms with van der Waals surface area (Å²) in [6.45, 7) is 0.231. The van der Waals surface area contributed by atoms with Crippen molar-refractivity contribution in [2.75, 3.05) is 12.9 Å². The molecular weight excluding hydrogens is 669 g/mol. The average Bonchev–Trinajstić information content (AvgIpc) is 3.60. The van der Waals surface area contributed by atoms with Crippen molar-refractivity contribution in [2.24, 2.45) is 7.05 Å². The van der Waals surface area contributed by atoms with Gasteiger partial charge in [0.1, 0.15) is 6.04 Å². The fourth-order valence-electron chi connectivity index (χ4n) is 5.84. The fourth-order valence-corrected chi connectivity index (χ4v) is 6.70. The standard InChI is InChI=1S/C38H40N6O6S/c1-44-38(41-42-43-44)51-24-32-21-34(28-16-14-26(23-45)15-17-28)50-36(49-32)31-13-7-12-30(20-31)29-11-6-10-27(18-29)22-39-37(47)40-33(35(46)48-2)19-25-8-4-3-5-9-25/h3-18,20,32-34,36,45H,19,21-24H2,1-2H3,(H2,39,40,47)/t32-,33+,34+,36+/m1/s1. The van der Waals surface area contributed by atoms with E-state index in [2.05, 4.69) is 32.2 Å². The molecule has 2 heterocycles. The Balaban J connectivity index is 1.14. The summed E-state index contributed by atoms with van der Waals surface area (Å²) in [6, 6.07) is 31.9. The van der Waals surface area contributed by atoms with Crippen molar-refractivity contribution in [3.63, 3.8) is 0 Å². The number of aryl methyl sites for hydroxylation is 1. The zero-order valence-electron chi connectivity index (χ0n) is 28.3. The molecule has 4 atom stereocenters. The third-order valence-electron chi connectivity index (χ3n) is 8.54. The van der Waals surface area contributed by atoms with Crippen LogP contribution in [0.5, 0.6) is 0 Å². The molecule has 264 valence electrons. The Bertz CT molecular complexity index is 1910. The minimum absolute atomic E-state index is 0.0234. The molecule has 51 heavy (non-hydrogen) atoms. The van der Waals surface area contributed by atoms with Gasteiger partial charge in [-0.1, -0.05) is 103 Å². The molecular formula is C38H40N6O6S. The lowest BCUT2D eigenvalue weighted by molar-refractivity contribution is -0.245. The largest absolute Gasteiger partial charge is 0.467 e. The van der Waals surface area contributed by atoms with E-state index in [0.29, 0.717) is 23.8 Å². The van der Waals surface area contributed by atoms with Crippen LogP contribution in [-0.2, 0) is 45.6 Å². The first-order valence-corrected chi connectivity index (χ1v) is 17.6. The van der Waals surface area contributed by atoms with Crippen molar-refractivity contribution in [3.8, 4) is 11.1 Å². The molecule has 2 amide bonds. The van der Waals surface area contributed by atoms with E-state index in [9.17, 15) is 14.7 Å². The van der Waals surface area contributed by atoms with Gasteiger partial charge in [0.15, 0.2) is 6.29 Å². The highest BCUT2D eigenvalue weighted by molar-refractivity contribution is 7.99. The number of rotatable bonds is 13. The minimum Gasteiger partial charge on any atom is -0.467 e. The van der Waals surface area contributed by atoms with Gasteiger partial charge in [0.25, 0.3) is 0 Å². The van der Waals surface area contributed by atoms with Gasteiger partial charge >= 0.3 is 12.0 Å². The van der Waals surface area contributed by atoms with Gasteiger partial charge in [-0.15, -0.1) is 5.10 Å². The number of aromatic nitrogens is 4. The Morgan fingerprint density at radius 2 is 1.67 bits per heavy atom. The summed E-state index contributed by atoms with van der Waals surface area (Å²) in [7, 11) is 3.11. The van der Waals surface area contributed by atoms with E-state index >= 15 is 0 Å². The molecule has 0 saturated carbocycles. The summed E-state index contributed by atoms with van der Waals surface area (Å²) in [4.78, 5) is 25.2. The number of nitrogens with zero attached hydrogens (tertiary/aromatic N) is 4.